The standard InChI is InChI=1S/C12H13NO4S/c1-12(2)9(11(16)17)13-10(18-12)7-4-3-6(14)5-8(7)15/h3-5,9,14-15H,1-2H3,(H,16,17)/t9-/m1/s1. The summed E-state index contributed by atoms with van der Waals surface area (Å²) in [5.41, 5.74) is 0.439. The van der Waals surface area contributed by atoms with Crippen molar-refractivity contribution in [3.8, 4) is 11.5 Å². The first-order chi connectivity index (χ1) is 8.31. The fourth-order valence-electron chi connectivity index (χ4n) is 1.78. The predicted molar refractivity (Wildman–Crippen MR) is 69.4 cm³/mol. The summed E-state index contributed by atoms with van der Waals surface area (Å²) >= 11 is 1.30. The molecule has 0 saturated carbocycles. The number of carboxylic acids is 1. The molecule has 6 heteroatoms. The Labute approximate surface area is 108 Å². The minimum absolute atomic E-state index is 0.0473. The summed E-state index contributed by atoms with van der Waals surface area (Å²) in [6.45, 7) is 3.59. The number of rotatable bonds is 2. The Morgan fingerprint density at radius 3 is 2.56 bits per heavy atom. The van der Waals surface area contributed by atoms with Crippen molar-refractivity contribution < 1.29 is 20.1 Å². The van der Waals surface area contributed by atoms with Gasteiger partial charge in [0.15, 0.2) is 6.04 Å². The highest BCUT2D eigenvalue weighted by Gasteiger charge is 2.43. The van der Waals surface area contributed by atoms with E-state index in [2.05, 4.69) is 4.99 Å². The molecule has 1 aromatic carbocycles. The highest BCUT2D eigenvalue weighted by Crippen LogP contribution is 2.41. The van der Waals surface area contributed by atoms with Gasteiger partial charge in [-0.15, -0.1) is 0 Å². The van der Waals surface area contributed by atoms with Gasteiger partial charge >= 0.3 is 5.97 Å². The number of phenolic OH excluding ortho intramolecular Hbond substituents is 2. The van der Waals surface area contributed by atoms with Gasteiger partial charge in [-0.05, 0) is 26.0 Å². The van der Waals surface area contributed by atoms with Crippen LogP contribution in [0.5, 0.6) is 11.5 Å². The van der Waals surface area contributed by atoms with Crippen molar-refractivity contribution in [3.63, 3.8) is 0 Å². The van der Waals surface area contributed by atoms with E-state index in [1.807, 2.05) is 0 Å². The largest absolute Gasteiger partial charge is 0.508 e. The zero-order chi connectivity index (χ0) is 13.5. The van der Waals surface area contributed by atoms with Crippen molar-refractivity contribution >= 4 is 22.8 Å². The lowest BCUT2D eigenvalue weighted by Crippen LogP contribution is -2.34. The third-order valence-corrected chi connectivity index (χ3v) is 3.98. The Morgan fingerprint density at radius 2 is 2.06 bits per heavy atom. The molecule has 18 heavy (non-hydrogen) atoms. The summed E-state index contributed by atoms with van der Waals surface area (Å²) < 4.78 is -0.564. The molecular weight excluding hydrogens is 254 g/mol. The van der Waals surface area contributed by atoms with Gasteiger partial charge in [-0.25, -0.2) is 4.79 Å². The van der Waals surface area contributed by atoms with Crippen molar-refractivity contribution in [2.75, 3.05) is 0 Å². The first-order valence-corrected chi connectivity index (χ1v) is 6.15. The van der Waals surface area contributed by atoms with Crippen LogP contribution in [0.25, 0.3) is 0 Å². The van der Waals surface area contributed by atoms with E-state index in [0.29, 0.717) is 10.6 Å². The van der Waals surface area contributed by atoms with Crippen LogP contribution in [0.1, 0.15) is 19.4 Å². The molecule has 96 valence electrons. The molecule has 3 N–H and O–H groups in total. The second kappa shape index (κ2) is 4.20. The number of carboxylic acid groups (broad SMARTS) is 1. The van der Waals surface area contributed by atoms with E-state index in [0.717, 1.165) is 0 Å². The number of nitrogens with zero attached hydrogens (tertiary/aromatic N) is 1. The molecule has 1 aromatic rings. The molecule has 1 atom stereocenters. The van der Waals surface area contributed by atoms with Gasteiger partial charge in [-0.1, -0.05) is 11.8 Å². The van der Waals surface area contributed by atoms with E-state index in [9.17, 15) is 15.0 Å². The second-order valence-electron chi connectivity index (χ2n) is 4.58. The van der Waals surface area contributed by atoms with Gasteiger partial charge in [0.2, 0.25) is 0 Å². The molecular formula is C12H13NO4S. The molecule has 0 saturated heterocycles. The molecule has 1 heterocycles. The maximum atomic E-state index is 11.1. The van der Waals surface area contributed by atoms with Crippen LogP contribution >= 0.6 is 11.8 Å². The number of benzene rings is 1. The maximum Gasteiger partial charge on any atom is 0.329 e. The molecule has 1 aliphatic rings. The van der Waals surface area contributed by atoms with Gasteiger partial charge < -0.3 is 15.3 Å². The number of thioether (sulfide) groups is 1. The van der Waals surface area contributed by atoms with Crippen molar-refractivity contribution in [3.05, 3.63) is 23.8 Å². The summed E-state index contributed by atoms with van der Waals surface area (Å²) in [4.78, 5) is 15.2. The zero-order valence-electron chi connectivity index (χ0n) is 9.91. The number of aromatic hydroxyl groups is 2. The highest BCUT2D eigenvalue weighted by atomic mass is 32.2. The Hall–Kier alpha value is -1.69. The minimum atomic E-state index is -0.985. The third kappa shape index (κ3) is 2.15. The van der Waals surface area contributed by atoms with Crippen LogP contribution in [0.4, 0.5) is 0 Å². The Morgan fingerprint density at radius 1 is 1.39 bits per heavy atom. The van der Waals surface area contributed by atoms with Gasteiger partial charge in [-0.3, -0.25) is 4.99 Å². The van der Waals surface area contributed by atoms with Crippen molar-refractivity contribution in [2.45, 2.75) is 24.6 Å². The summed E-state index contributed by atoms with van der Waals surface area (Å²) in [6.07, 6.45) is 0. The van der Waals surface area contributed by atoms with Crippen LogP contribution in [-0.2, 0) is 4.79 Å². The number of aliphatic carboxylic acids is 1. The maximum absolute atomic E-state index is 11.1. The van der Waals surface area contributed by atoms with Gasteiger partial charge in [0.1, 0.15) is 16.5 Å². The van der Waals surface area contributed by atoms with E-state index >= 15 is 0 Å². The summed E-state index contributed by atoms with van der Waals surface area (Å²) in [5.74, 6) is -1.14. The fraction of sp³-hybridized carbons (Fsp3) is 0.333. The molecule has 0 unspecified atom stereocenters. The van der Waals surface area contributed by atoms with Gasteiger partial charge in [-0.2, -0.15) is 0 Å². The number of hydrogen-bond donors (Lipinski definition) is 3. The molecule has 2 rings (SSSR count). The van der Waals surface area contributed by atoms with Gasteiger partial charge in [0.05, 0.1) is 0 Å². The number of aliphatic imine (C=N–C) groups is 1. The molecule has 1 aliphatic heterocycles. The van der Waals surface area contributed by atoms with Crippen molar-refractivity contribution in [1.82, 2.24) is 0 Å². The number of carbonyl (C=O) groups is 1. The van der Waals surface area contributed by atoms with Gasteiger partial charge in [0.25, 0.3) is 0 Å². The SMILES string of the molecule is CC1(C)SC(c2ccc(O)cc2O)=N[C@@H]1C(=O)O. The normalized spacial score (nSPS) is 21.7. The molecule has 0 bridgehead atoms. The molecule has 0 aromatic heterocycles. The lowest BCUT2D eigenvalue weighted by molar-refractivity contribution is -0.138. The van der Waals surface area contributed by atoms with E-state index in [1.165, 1.54) is 30.0 Å². The second-order valence-corrected chi connectivity index (χ2v) is 6.23. The molecule has 0 aliphatic carbocycles. The van der Waals surface area contributed by atoms with Crippen molar-refractivity contribution in [1.29, 1.82) is 0 Å². The lowest BCUT2D eigenvalue weighted by Gasteiger charge is -2.20. The third-order valence-electron chi connectivity index (χ3n) is 2.71. The number of hydrogen-bond acceptors (Lipinski definition) is 5. The van der Waals surface area contributed by atoms with Crippen LogP contribution in [0.3, 0.4) is 0 Å². The molecule has 0 radical (unpaired) electrons. The summed E-state index contributed by atoms with van der Waals surface area (Å²) in [5, 5.41) is 28.5. The average molecular weight is 267 g/mol. The minimum Gasteiger partial charge on any atom is -0.508 e. The quantitative estimate of drug-likeness (QED) is 0.760. The average Bonchev–Trinajstić information content (AvgIpc) is 2.54. The molecule has 5 nitrogen and oxygen atoms in total. The first-order valence-electron chi connectivity index (χ1n) is 5.33. The molecule has 0 fully saturated rings. The Bertz CT molecular complexity index is 539. The Balaban J connectivity index is 2.41. The van der Waals surface area contributed by atoms with Crippen LogP contribution in [-0.4, -0.2) is 37.1 Å². The molecule has 0 amide bonds. The van der Waals surface area contributed by atoms with Gasteiger partial charge in [0, 0.05) is 16.4 Å². The van der Waals surface area contributed by atoms with Crippen LogP contribution in [0.15, 0.2) is 23.2 Å². The molecule has 0 spiro atoms. The monoisotopic (exact) mass is 267 g/mol. The van der Waals surface area contributed by atoms with Crippen LogP contribution < -0.4 is 0 Å². The van der Waals surface area contributed by atoms with Crippen LogP contribution in [0.2, 0.25) is 0 Å². The smallest absolute Gasteiger partial charge is 0.329 e. The fourth-order valence-corrected chi connectivity index (χ4v) is 2.99. The lowest BCUT2D eigenvalue weighted by atomic mass is 10.0. The number of phenols is 2. The summed E-state index contributed by atoms with van der Waals surface area (Å²) in [7, 11) is 0. The predicted octanol–water partition coefficient (Wildman–Crippen LogP) is 1.82. The topological polar surface area (TPSA) is 90.1 Å². The van der Waals surface area contributed by atoms with E-state index in [-0.39, 0.29) is 11.5 Å². The highest BCUT2D eigenvalue weighted by molar-refractivity contribution is 8.15. The zero-order valence-corrected chi connectivity index (χ0v) is 10.7. The van der Waals surface area contributed by atoms with E-state index < -0.39 is 16.8 Å². The Kier molecular flexibility index (Phi) is 2.98. The van der Waals surface area contributed by atoms with E-state index in [1.54, 1.807) is 13.8 Å². The van der Waals surface area contributed by atoms with Crippen LogP contribution in [0, 0.1) is 0 Å². The first kappa shape index (κ1) is 12.8. The van der Waals surface area contributed by atoms with Crippen molar-refractivity contribution in [2.24, 2.45) is 4.99 Å². The van der Waals surface area contributed by atoms with E-state index in [4.69, 9.17) is 5.11 Å². The summed E-state index contributed by atoms with van der Waals surface area (Å²) in [6, 6.07) is 3.32.